The Morgan fingerprint density at radius 2 is 1.90 bits per heavy atom. The molecule has 0 saturated heterocycles. The number of benzene rings is 2. The summed E-state index contributed by atoms with van der Waals surface area (Å²) in [4.78, 5) is 34.8. The van der Waals surface area contributed by atoms with Crippen LogP contribution in [-0.2, 0) is 9.53 Å². The molecule has 3 N–H and O–H groups in total. The standard InChI is InChI=1S/C18H17F2N3O6/c1-10(17(25)22-16-13(19)3-2-4-14(16)20)29-18(26)12-9-11(23(27)28)5-6-15(12)21-7-8-24/h2-6,9-10,21,24H,7-8H2,1H3,(H,22,25)/t10-/m1/s1. The molecule has 2 rings (SSSR count). The van der Waals surface area contributed by atoms with Crippen LogP contribution in [0.25, 0.3) is 0 Å². The van der Waals surface area contributed by atoms with Crippen LogP contribution in [0.5, 0.6) is 0 Å². The Hall–Kier alpha value is -3.60. The summed E-state index contributed by atoms with van der Waals surface area (Å²) in [6.07, 6.45) is -1.47. The summed E-state index contributed by atoms with van der Waals surface area (Å²) in [6, 6.07) is 6.35. The minimum absolute atomic E-state index is 0.0562. The Bertz CT molecular complexity index is 918. The highest BCUT2D eigenvalue weighted by atomic mass is 19.1. The molecule has 0 bridgehead atoms. The van der Waals surface area contributed by atoms with Crippen LogP contribution in [0.15, 0.2) is 36.4 Å². The molecule has 0 aliphatic carbocycles. The first-order chi connectivity index (χ1) is 13.7. The van der Waals surface area contributed by atoms with Crippen LogP contribution < -0.4 is 10.6 Å². The van der Waals surface area contributed by atoms with Crippen LogP contribution in [0.2, 0.25) is 0 Å². The van der Waals surface area contributed by atoms with Gasteiger partial charge in [0.2, 0.25) is 0 Å². The maximum Gasteiger partial charge on any atom is 0.341 e. The molecule has 0 aliphatic rings. The van der Waals surface area contributed by atoms with Gasteiger partial charge in [0.1, 0.15) is 17.3 Å². The Morgan fingerprint density at radius 1 is 1.24 bits per heavy atom. The molecule has 0 spiro atoms. The zero-order valence-electron chi connectivity index (χ0n) is 15.1. The van der Waals surface area contributed by atoms with Gasteiger partial charge in [-0.15, -0.1) is 0 Å². The average molecular weight is 409 g/mol. The van der Waals surface area contributed by atoms with Crippen molar-refractivity contribution in [3.8, 4) is 0 Å². The first-order valence-electron chi connectivity index (χ1n) is 8.33. The fourth-order valence-corrected chi connectivity index (χ4v) is 2.28. The molecule has 154 valence electrons. The van der Waals surface area contributed by atoms with Crippen molar-refractivity contribution in [1.82, 2.24) is 0 Å². The first kappa shape index (κ1) is 21.7. The summed E-state index contributed by atoms with van der Waals surface area (Å²) >= 11 is 0. The van der Waals surface area contributed by atoms with E-state index in [0.29, 0.717) is 0 Å². The highest BCUT2D eigenvalue weighted by Gasteiger charge is 2.24. The summed E-state index contributed by atoms with van der Waals surface area (Å²) in [5, 5.41) is 24.5. The van der Waals surface area contributed by atoms with Gasteiger partial charge in [-0.1, -0.05) is 6.07 Å². The molecule has 9 nitrogen and oxygen atoms in total. The van der Waals surface area contributed by atoms with Crippen molar-refractivity contribution >= 4 is 28.9 Å². The molecule has 11 heteroatoms. The Morgan fingerprint density at radius 3 is 2.48 bits per heavy atom. The van der Waals surface area contributed by atoms with E-state index in [9.17, 15) is 28.5 Å². The van der Waals surface area contributed by atoms with E-state index in [1.54, 1.807) is 0 Å². The van der Waals surface area contributed by atoms with Gasteiger partial charge >= 0.3 is 5.97 Å². The number of anilines is 2. The van der Waals surface area contributed by atoms with Crippen molar-refractivity contribution in [3.05, 3.63) is 63.7 Å². The molecule has 0 fully saturated rings. The normalized spacial score (nSPS) is 11.4. The number of carbonyl (C=O) groups is 2. The molecular formula is C18H17F2N3O6. The summed E-state index contributed by atoms with van der Waals surface area (Å²) in [7, 11) is 0. The molecule has 0 aliphatic heterocycles. The number of aliphatic hydroxyl groups excluding tert-OH is 1. The first-order valence-corrected chi connectivity index (χ1v) is 8.33. The minimum Gasteiger partial charge on any atom is -0.449 e. The number of amides is 1. The van der Waals surface area contributed by atoms with Crippen molar-refractivity contribution in [3.63, 3.8) is 0 Å². The highest BCUT2D eigenvalue weighted by Crippen LogP contribution is 2.24. The Labute approximate surface area is 163 Å². The van der Waals surface area contributed by atoms with Crippen LogP contribution in [-0.4, -0.2) is 41.2 Å². The van der Waals surface area contributed by atoms with E-state index in [1.165, 1.54) is 13.0 Å². The lowest BCUT2D eigenvalue weighted by molar-refractivity contribution is -0.384. The fourth-order valence-electron chi connectivity index (χ4n) is 2.28. The van der Waals surface area contributed by atoms with Crippen LogP contribution in [0, 0.1) is 21.7 Å². The van der Waals surface area contributed by atoms with E-state index in [0.717, 1.165) is 30.3 Å². The van der Waals surface area contributed by atoms with Crippen molar-refractivity contribution in [2.24, 2.45) is 0 Å². The lowest BCUT2D eigenvalue weighted by Crippen LogP contribution is -2.31. The second-order valence-corrected chi connectivity index (χ2v) is 5.77. The third-order valence-electron chi connectivity index (χ3n) is 3.73. The van der Waals surface area contributed by atoms with Gasteiger partial charge in [0.25, 0.3) is 11.6 Å². The molecule has 0 aromatic heterocycles. The fraction of sp³-hybridized carbons (Fsp3) is 0.222. The molecule has 2 aromatic rings. The quantitative estimate of drug-likeness (QED) is 0.347. The van der Waals surface area contributed by atoms with Gasteiger partial charge in [-0.2, -0.15) is 0 Å². The monoisotopic (exact) mass is 409 g/mol. The van der Waals surface area contributed by atoms with E-state index in [-0.39, 0.29) is 24.4 Å². The van der Waals surface area contributed by atoms with Crippen LogP contribution >= 0.6 is 0 Å². The number of nitrogens with one attached hydrogen (secondary N) is 2. The number of rotatable bonds is 8. The number of carbonyl (C=O) groups excluding carboxylic acids is 2. The summed E-state index contributed by atoms with van der Waals surface area (Å²) in [6.45, 7) is 0.962. The number of ether oxygens (including phenoxy) is 1. The Balaban J connectivity index is 2.18. The minimum atomic E-state index is -1.47. The number of hydrogen-bond acceptors (Lipinski definition) is 7. The number of halogens is 2. The number of hydrogen-bond donors (Lipinski definition) is 3. The highest BCUT2D eigenvalue weighted by molar-refractivity contribution is 6.00. The zero-order valence-corrected chi connectivity index (χ0v) is 15.1. The number of para-hydroxylation sites is 1. The summed E-state index contributed by atoms with van der Waals surface area (Å²) < 4.78 is 32.3. The van der Waals surface area contributed by atoms with Crippen LogP contribution in [0.3, 0.4) is 0 Å². The SMILES string of the molecule is C[C@@H](OC(=O)c1cc([N+](=O)[O-])ccc1NCCO)C(=O)Nc1c(F)cccc1F. The van der Waals surface area contributed by atoms with Crippen LogP contribution in [0.1, 0.15) is 17.3 Å². The molecule has 1 atom stereocenters. The molecular weight excluding hydrogens is 392 g/mol. The maximum absolute atomic E-state index is 13.6. The molecule has 1 amide bonds. The molecule has 0 unspecified atom stereocenters. The second-order valence-electron chi connectivity index (χ2n) is 5.77. The predicted octanol–water partition coefficient (Wildman–Crippen LogP) is 2.46. The topological polar surface area (TPSA) is 131 Å². The Kier molecular flexibility index (Phi) is 7.15. The molecule has 0 heterocycles. The largest absolute Gasteiger partial charge is 0.449 e. The van der Waals surface area contributed by atoms with Gasteiger partial charge < -0.3 is 20.5 Å². The second kappa shape index (κ2) is 9.55. The zero-order chi connectivity index (χ0) is 21.6. The van der Waals surface area contributed by atoms with Gasteiger partial charge in [-0.3, -0.25) is 14.9 Å². The molecule has 2 aromatic carbocycles. The summed E-state index contributed by atoms with van der Waals surface area (Å²) in [5.74, 6) is -4.10. The van der Waals surface area contributed by atoms with E-state index in [4.69, 9.17) is 9.84 Å². The molecule has 0 radical (unpaired) electrons. The van der Waals surface area contributed by atoms with E-state index in [1.807, 2.05) is 5.32 Å². The van der Waals surface area contributed by atoms with Crippen molar-refractivity contribution in [2.45, 2.75) is 13.0 Å². The lowest BCUT2D eigenvalue weighted by atomic mass is 10.1. The van der Waals surface area contributed by atoms with Gasteiger partial charge in [-0.05, 0) is 25.1 Å². The third kappa shape index (κ3) is 5.45. The number of aliphatic hydroxyl groups is 1. The van der Waals surface area contributed by atoms with Crippen molar-refractivity contribution < 1.29 is 33.1 Å². The van der Waals surface area contributed by atoms with Gasteiger partial charge in [0.15, 0.2) is 6.10 Å². The van der Waals surface area contributed by atoms with Gasteiger partial charge in [-0.25, -0.2) is 13.6 Å². The van der Waals surface area contributed by atoms with Gasteiger partial charge in [0.05, 0.1) is 17.1 Å². The van der Waals surface area contributed by atoms with Gasteiger partial charge in [0, 0.05) is 24.4 Å². The van der Waals surface area contributed by atoms with E-state index >= 15 is 0 Å². The molecule has 0 saturated carbocycles. The van der Waals surface area contributed by atoms with E-state index in [2.05, 4.69) is 5.32 Å². The van der Waals surface area contributed by atoms with Crippen LogP contribution in [0.4, 0.5) is 25.8 Å². The van der Waals surface area contributed by atoms with E-state index < -0.39 is 45.9 Å². The third-order valence-corrected chi connectivity index (χ3v) is 3.73. The number of nitro groups is 1. The number of nitro benzene ring substituents is 1. The maximum atomic E-state index is 13.6. The average Bonchev–Trinajstić information content (AvgIpc) is 2.68. The number of esters is 1. The predicted molar refractivity (Wildman–Crippen MR) is 98.5 cm³/mol. The number of non-ortho nitro benzene ring substituents is 1. The van der Waals surface area contributed by atoms with Crippen molar-refractivity contribution in [2.75, 3.05) is 23.8 Å². The summed E-state index contributed by atoms with van der Waals surface area (Å²) in [5.41, 5.74) is -1.19. The van der Waals surface area contributed by atoms with Crippen molar-refractivity contribution in [1.29, 1.82) is 0 Å². The smallest absolute Gasteiger partial charge is 0.341 e. The number of nitrogens with zero attached hydrogens (tertiary/aromatic N) is 1. The molecule has 29 heavy (non-hydrogen) atoms. The lowest BCUT2D eigenvalue weighted by Gasteiger charge is -2.16.